The van der Waals surface area contributed by atoms with E-state index in [0.717, 1.165) is 18.1 Å². The summed E-state index contributed by atoms with van der Waals surface area (Å²) in [5, 5.41) is 9.68. The van der Waals surface area contributed by atoms with Gasteiger partial charge >= 0.3 is 0 Å². The number of benzene rings is 1. The highest BCUT2D eigenvalue weighted by molar-refractivity contribution is 5.94. The summed E-state index contributed by atoms with van der Waals surface area (Å²) in [7, 11) is 1.80. The fraction of sp³-hybridized carbons (Fsp3) is 0.600. The van der Waals surface area contributed by atoms with Crippen molar-refractivity contribution < 1.29 is 4.79 Å². The number of nitrogens with zero attached hydrogens (tertiary/aromatic N) is 1. The van der Waals surface area contributed by atoms with E-state index in [4.69, 9.17) is 0 Å². The molecule has 1 aliphatic carbocycles. The molecule has 5 nitrogen and oxygen atoms in total. The van der Waals surface area contributed by atoms with Crippen molar-refractivity contribution in [2.45, 2.75) is 52.5 Å². The molecule has 0 aromatic heterocycles. The Balaban J connectivity index is 1.88. The molecule has 0 saturated heterocycles. The van der Waals surface area contributed by atoms with Crippen molar-refractivity contribution in [1.29, 1.82) is 0 Å². The van der Waals surface area contributed by atoms with Crippen molar-refractivity contribution >= 4 is 11.9 Å². The minimum absolute atomic E-state index is 0.0296. The number of amides is 1. The van der Waals surface area contributed by atoms with E-state index in [1.165, 1.54) is 32.1 Å². The van der Waals surface area contributed by atoms with Gasteiger partial charge in [0.05, 0.1) is 0 Å². The zero-order valence-electron chi connectivity index (χ0n) is 15.8. The van der Waals surface area contributed by atoms with Crippen molar-refractivity contribution in [3.8, 4) is 0 Å². The highest BCUT2D eigenvalue weighted by atomic mass is 16.1. The van der Waals surface area contributed by atoms with Crippen LogP contribution in [0.15, 0.2) is 29.3 Å². The van der Waals surface area contributed by atoms with Gasteiger partial charge in [0.15, 0.2) is 5.96 Å². The average Bonchev–Trinajstić information content (AvgIpc) is 3.12. The zero-order chi connectivity index (χ0) is 18.1. The summed E-state index contributed by atoms with van der Waals surface area (Å²) in [6.07, 6.45) is 6.51. The van der Waals surface area contributed by atoms with Crippen LogP contribution >= 0.6 is 0 Å². The molecule has 0 atom stereocenters. The lowest BCUT2D eigenvalue weighted by atomic mass is 9.83. The SMILES string of the molecule is CCNC(=O)c1cccc(CNC(=NC)NCC2(CC)CCCC2)c1. The second-order valence-corrected chi connectivity index (χ2v) is 6.90. The van der Waals surface area contributed by atoms with Crippen molar-refractivity contribution in [3.63, 3.8) is 0 Å². The highest BCUT2D eigenvalue weighted by Gasteiger charge is 2.31. The third-order valence-electron chi connectivity index (χ3n) is 5.26. The molecular weight excluding hydrogens is 312 g/mol. The predicted octanol–water partition coefficient (Wildman–Crippen LogP) is 3.07. The van der Waals surface area contributed by atoms with E-state index in [-0.39, 0.29) is 5.91 Å². The Morgan fingerprint density at radius 3 is 2.56 bits per heavy atom. The second kappa shape index (κ2) is 9.44. The molecule has 2 rings (SSSR count). The quantitative estimate of drug-likeness (QED) is 0.526. The summed E-state index contributed by atoms with van der Waals surface area (Å²) in [4.78, 5) is 16.3. The third kappa shape index (κ3) is 5.48. The van der Waals surface area contributed by atoms with E-state index in [0.29, 0.717) is 24.1 Å². The van der Waals surface area contributed by atoms with Gasteiger partial charge in [-0.15, -0.1) is 0 Å². The fourth-order valence-corrected chi connectivity index (χ4v) is 3.54. The van der Waals surface area contributed by atoms with Crippen LogP contribution in [0.3, 0.4) is 0 Å². The number of nitrogens with one attached hydrogen (secondary N) is 3. The monoisotopic (exact) mass is 344 g/mol. The molecule has 1 amide bonds. The van der Waals surface area contributed by atoms with E-state index in [2.05, 4.69) is 27.9 Å². The maximum atomic E-state index is 11.9. The van der Waals surface area contributed by atoms with E-state index in [1.54, 1.807) is 7.05 Å². The molecule has 0 unspecified atom stereocenters. The minimum Gasteiger partial charge on any atom is -0.356 e. The Morgan fingerprint density at radius 1 is 1.16 bits per heavy atom. The Hall–Kier alpha value is -2.04. The van der Waals surface area contributed by atoms with Crippen LogP contribution in [-0.2, 0) is 6.54 Å². The lowest BCUT2D eigenvalue weighted by Crippen LogP contribution is -2.42. The number of rotatable bonds is 7. The number of carbonyl (C=O) groups excluding carboxylic acids is 1. The predicted molar refractivity (Wildman–Crippen MR) is 104 cm³/mol. The molecule has 25 heavy (non-hydrogen) atoms. The van der Waals surface area contributed by atoms with Gasteiger partial charge < -0.3 is 16.0 Å². The Kier molecular flexibility index (Phi) is 7.29. The van der Waals surface area contributed by atoms with Crippen molar-refractivity contribution in [3.05, 3.63) is 35.4 Å². The fourth-order valence-electron chi connectivity index (χ4n) is 3.54. The van der Waals surface area contributed by atoms with Crippen LogP contribution in [0, 0.1) is 5.41 Å². The normalized spacial score (nSPS) is 16.5. The average molecular weight is 345 g/mol. The van der Waals surface area contributed by atoms with Crippen LogP contribution < -0.4 is 16.0 Å². The molecule has 0 radical (unpaired) electrons. The highest BCUT2D eigenvalue weighted by Crippen LogP contribution is 2.40. The Morgan fingerprint density at radius 2 is 1.92 bits per heavy atom. The molecule has 0 heterocycles. The number of carbonyl (C=O) groups is 1. The Labute approximate surface area is 151 Å². The molecule has 1 aliphatic rings. The summed E-state index contributed by atoms with van der Waals surface area (Å²) in [6.45, 7) is 6.47. The number of hydrogen-bond donors (Lipinski definition) is 3. The van der Waals surface area contributed by atoms with Crippen molar-refractivity contribution in [2.24, 2.45) is 10.4 Å². The maximum Gasteiger partial charge on any atom is 0.251 e. The lowest BCUT2D eigenvalue weighted by Gasteiger charge is -2.28. The van der Waals surface area contributed by atoms with E-state index < -0.39 is 0 Å². The zero-order valence-corrected chi connectivity index (χ0v) is 15.8. The molecule has 1 aromatic carbocycles. The number of hydrogen-bond acceptors (Lipinski definition) is 2. The van der Waals surface area contributed by atoms with Crippen molar-refractivity contribution in [2.75, 3.05) is 20.1 Å². The summed E-state index contributed by atoms with van der Waals surface area (Å²) < 4.78 is 0. The first kappa shape index (κ1) is 19.3. The van der Waals surface area contributed by atoms with E-state index in [9.17, 15) is 4.79 Å². The van der Waals surface area contributed by atoms with Gasteiger partial charge in [-0.3, -0.25) is 9.79 Å². The van der Waals surface area contributed by atoms with Crippen LogP contribution in [-0.4, -0.2) is 32.0 Å². The summed E-state index contributed by atoms with van der Waals surface area (Å²) in [6, 6.07) is 7.71. The smallest absolute Gasteiger partial charge is 0.251 e. The van der Waals surface area contributed by atoms with Crippen LogP contribution in [0.25, 0.3) is 0 Å². The Bertz CT molecular complexity index is 591. The molecule has 0 spiro atoms. The van der Waals surface area contributed by atoms with Gasteiger partial charge in [-0.05, 0) is 49.3 Å². The standard InChI is InChI=1S/C20H32N4O/c1-4-20(11-6-7-12-20)15-24-19(21-3)23-14-16-9-8-10-17(13-16)18(25)22-5-2/h8-10,13H,4-7,11-12,14-15H2,1-3H3,(H,22,25)(H2,21,23,24). The molecule has 0 bridgehead atoms. The number of aliphatic imine (C=N–C) groups is 1. The molecular formula is C20H32N4O. The van der Waals surface area contributed by atoms with Gasteiger partial charge in [0.1, 0.15) is 0 Å². The molecule has 3 N–H and O–H groups in total. The van der Waals surface area contributed by atoms with E-state index >= 15 is 0 Å². The second-order valence-electron chi connectivity index (χ2n) is 6.90. The van der Waals surface area contributed by atoms with Crippen LogP contribution in [0.4, 0.5) is 0 Å². The van der Waals surface area contributed by atoms with Gasteiger partial charge in [-0.25, -0.2) is 0 Å². The first-order valence-electron chi connectivity index (χ1n) is 9.44. The van der Waals surface area contributed by atoms with Gasteiger partial charge in [0, 0.05) is 32.2 Å². The maximum absolute atomic E-state index is 11.9. The van der Waals surface area contributed by atoms with E-state index in [1.807, 2.05) is 31.2 Å². The van der Waals surface area contributed by atoms with Gasteiger partial charge in [0.2, 0.25) is 0 Å². The molecule has 1 fully saturated rings. The summed E-state index contributed by atoms with van der Waals surface area (Å²) in [5.74, 6) is 0.793. The molecule has 5 heteroatoms. The van der Waals surface area contributed by atoms with Gasteiger partial charge in [-0.1, -0.05) is 31.9 Å². The molecule has 138 valence electrons. The topological polar surface area (TPSA) is 65.5 Å². The lowest BCUT2D eigenvalue weighted by molar-refractivity contribution is 0.0955. The van der Waals surface area contributed by atoms with Crippen LogP contribution in [0.5, 0.6) is 0 Å². The number of guanidine groups is 1. The molecule has 1 saturated carbocycles. The van der Waals surface area contributed by atoms with Crippen LogP contribution in [0.2, 0.25) is 0 Å². The largest absolute Gasteiger partial charge is 0.356 e. The molecule has 1 aromatic rings. The first-order chi connectivity index (χ1) is 12.1. The van der Waals surface area contributed by atoms with Gasteiger partial charge in [0.25, 0.3) is 5.91 Å². The van der Waals surface area contributed by atoms with Crippen molar-refractivity contribution in [1.82, 2.24) is 16.0 Å². The van der Waals surface area contributed by atoms with Crippen LogP contribution in [0.1, 0.15) is 61.9 Å². The molecule has 0 aliphatic heterocycles. The minimum atomic E-state index is -0.0296. The summed E-state index contributed by atoms with van der Waals surface area (Å²) >= 11 is 0. The third-order valence-corrected chi connectivity index (χ3v) is 5.26. The van der Waals surface area contributed by atoms with Gasteiger partial charge in [-0.2, -0.15) is 0 Å². The first-order valence-corrected chi connectivity index (χ1v) is 9.44. The summed E-state index contributed by atoms with van der Waals surface area (Å²) in [5.41, 5.74) is 2.19.